The average Bonchev–Trinajstić information content (AvgIpc) is 2.22. The summed E-state index contributed by atoms with van der Waals surface area (Å²) in [5.41, 5.74) is 0. The summed E-state index contributed by atoms with van der Waals surface area (Å²) in [5.74, 6) is -6.12. The molecule has 0 spiro atoms. The minimum atomic E-state index is -1.53. The van der Waals surface area contributed by atoms with Gasteiger partial charge in [0.1, 0.15) is 0 Å². The molecule has 0 bridgehead atoms. The van der Waals surface area contributed by atoms with E-state index in [2.05, 4.69) is 0 Å². The summed E-state index contributed by atoms with van der Waals surface area (Å²) < 4.78 is 0. The van der Waals surface area contributed by atoms with Gasteiger partial charge in [-0.15, -0.1) is 0 Å². The molecule has 10 nitrogen and oxygen atoms in total. The van der Waals surface area contributed by atoms with E-state index >= 15 is 0 Å². The van der Waals surface area contributed by atoms with Crippen molar-refractivity contribution in [2.75, 3.05) is 39.3 Å². The van der Waals surface area contributed by atoms with Crippen LogP contribution in [0.15, 0.2) is 0 Å². The third-order valence-corrected chi connectivity index (χ3v) is 2.14. The first kappa shape index (κ1) is 47.5. The summed E-state index contributed by atoms with van der Waals surface area (Å²) in [7, 11) is 0. The fraction of sp³-hybridized carbons (Fsp3) is 0.600. The number of carbonyl (C=O) groups excluding carboxylic acids is 4. The van der Waals surface area contributed by atoms with E-state index in [9.17, 15) is 39.6 Å². The van der Waals surface area contributed by atoms with Crippen LogP contribution < -0.4 is 198 Å². The predicted octanol–water partition coefficient (Wildman–Crippen LogP) is -25.2. The number of carboxylic acid groups (broad SMARTS) is 4. The Morgan fingerprint density at radius 2 is 0.654 bits per heavy atom. The van der Waals surface area contributed by atoms with E-state index in [0.29, 0.717) is 0 Å². The van der Waals surface area contributed by atoms with Gasteiger partial charge < -0.3 is 42.5 Å². The van der Waals surface area contributed by atoms with Gasteiger partial charge >= 0.3 is 177 Å². The Balaban J connectivity index is -0.0000000645. The molecule has 0 aromatic carbocycles. The van der Waals surface area contributed by atoms with E-state index < -0.39 is 50.1 Å². The van der Waals surface area contributed by atoms with Crippen molar-refractivity contribution < 1.29 is 220 Å². The van der Waals surface area contributed by atoms with Crippen molar-refractivity contribution in [1.82, 2.24) is 9.80 Å². The molecule has 0 rings (SSSR count). The Morgan fingerprint density at radius 1 is 0.500 bits per heavy atom. The van der Waals surface area contributed by atoms with Gasteiger partial charge in [-0.25, -0.2) is 0 Å². The molecule has 0 amide bonds. The van der Waals surface area contributed by atoms with Gasteiger partial charge in [0.05, 0.1) is 23.9 Å². The van der Waals surface area contributed by atoms with Crippen LogP contribution in [0.1, 0.15) is 2.85 Å². The van der Waals surface area contributed by atoms with Crippen LogP contribution in [0.25, 0.3) is 0 Å². The first-order valence-corrected chi connectivity index (χ1v) is 5.44. The first-order chi connectivity index (χ1) is 9.20. The molecule has 0 aliphatic heterocycles. The summed E-state index contributed by atoms with van der Waals surface area (Å²) >= 11 is 0. The predicted molar refractivity (Wildman–Crippen MR) is 55.1 cm³/mol. The summed E-state index contributed by atoms with van der Waals surface area (Å²) in [6.07, 6.45) is 0. The number of carbonyl (C=O) groups is 4. The summed E-state index contributed by atoms with van der Waals surface area (Å²) in [6, 6.07) is 0. The van der Waals surface area contributed by atoms with Gasteiger partial charge in [0, 0.05) is 39.3 Å². The molecule has 0 aliphatic carbocycles. The second kappa shape index (κ2) is 28.8. The van der Waals surface area contributed by atoms with Crippen molar-refractivity contribution in [2.24, 2.45) is 0 Å². The van der Waals surface area contributed by atoms with Crippen molar-refractivity contribution in [2.45, 2.75) is 0 Å². The van der Waals surface area contributed by atoms with E-state index in [0.717, 1.165) is 9.80 Å². The van der Waals surface area contributed by atoms with Crippen LogP contribution in [0.2, 0.25) is 0 Å². The number of nitrogens with zero attached hydrogens (tertiary/aromatic N) is 2. The Hall–Kier alpha value is 3.80. The van der Waals surface area contributed by atoms with E-state index in [1.54, 1.807) is 0 Å². The van der Waals surface area contributed by atoms with Crippen LogP contribution in [0.3, 0.4) is 0 Å². The maximum Gasteiger partial charge on any atom is 1.00 e. The smallest absolute Gasteiger partial charge is 1.00 e. The average molecular weight is 428 g/mol. The Labute approximate surface area is 287 Å². The Kier molecular flexibility index (Phi) is 52.7. The topological polar surface area (TPSA) is 167 Å². The van der Waals surface area contributed by atoms with Gasteiger partial charge in [0.15, 0.2) is 0 Å². The molecule has 0 fully saturated rings. The SMILES string of the molecule is O=C([O-])CN(CCN(CC(=O)[O-])CC(=O)[O-])CC(=O)[O-].[H-].[H-].[Na+].[Na+].[Na+].[Na+].[Na+].[Na+]. The second-order valence-electron chi connectivity index (χ2n) is 3.91. The van der Waals surface area contributed by atoms with Crippen LogP contribution in [0, 0.1) is 0 Å². The Bertz CT molecular complexity index is 346. The number of hydrogen-bond acceptors (Lipinski definition) is 10. The van der Waals surface area contributed by atoms with Crippen molar-refractivity contribution in [3.63, 3.8) is 0 Å². The zero-order valence-corrected chi connectivity index (χ0v) is 28.4. The number of aliphatic carboxylic acids is 4. The van der Waals surface area contributed by atoms with Crippen molar-refractivity contribution in [1.29, 1.82) is 0 Å². The van der Waals surface area contributed by atoms with E-state index in [1.165, 1.54) is 0 Å². The molecule has 0 saturated carbocycles. The maximum atomic E-state index is 10.4. The number of hydrogen-bond donors (Lipinski definition) is 0. The van der Waals surface area contributed by atoms with Crippen molar-refractivity contribution in [3.05, 3.63) is 0 Å². The van der Waals surface area contributed by atoms with Crippen molar-refractivity contribution in [3.8, 4) is 0 Å². The molecule has 118 valence electrons. The molecule has 0 heterocycles. The second-order valence-corrected chi connectivity index (χ2v) is 3.91. The maximum absolute atomic E-state index is 10.4. The molecule has 0 aromatic heterocycles. The molecular weight excluding hydrogens is 414 g/mol. The van der Waals surface area contributed by atoms with Gasteiger partial charge in [-0.3, -0.25) is 9.80 Å². The minimum Gasteiger partial charge on any atom is -1.00 e. The molecule has 26 heavy (non-hydrogen) atoms. The molecule has 0 radical (unpaired) electrons. The standard InChI is InChI=1S/C10H16N2O8.6Na.2H/c13-7(14)3-11(4-8(15)16)1-2-12(5-9(17)18)6-10(19)20;;;;;;;;/h1-6H2,(H,13,14)(H,15,16)(H,17,18)(H,19,20);;;;;;;;/q;6*+1;2*-1/p-4. The largest absolute Gasteiger partial charge is 1.00 e. The summed E-state index contributed by atoms with van der Waals surface area (Å²) in [6.45, 7) is -3.25. The summed E-state index contributed by atoms with van der Waals surface area (Å²) in [4.78, 5) is 43.4. The normalized spacial score (nSPS) is 8.23. The van der Waals surface area contributed by atoms with E-state index in [1.807, 2.05) is 0 Å². The molecular formula is C10H14N2Na6O8. The van der Waals surface area contributed by atoms with Gasteiger partial charge in [0.25, 0.3) is 0 Å². The first-order valence-electron chi connectivity index (χ1n) is 5.44. The van der Waals surface area contributed by atoms with Crippen molar-refractivity contribution >= 4 is 23.9 Å². The van der Waals surface area contributed by atoms with Crippen LogP contribution in [-0.2, 0) is 19.2 Å². The molecule has 0 N–H and O–H groups in total. The van der Waals surface area contributed by atoms with Crippen LogP contribution >= 0.6 is 0 Å². The third-order valence-electron chi connectivity index (χ3n) is 2.14. The molecule has 0 aromatic rings. The molecule has 0 unspecified atom stereocenters. The zero-order chi connectivity index (χ0) is 15.7. The third kappa shape index (κ3) is 32.5. The van der Waals surface area contributed by atoms with E-state index in [-0.39, 0.29) is 193 Å². The van der Waals surface area contributed by atoms with Gasteiger partial charge in [-0.05, 0) is 0 Å². The van der Waals surface area contributed by atoms with Gasteiger partial charge in [-0.1, -0.05) is 0 Å². The fourth-order valence-corrected chi connectivity index (χ4v) is 1.44. The minimum absolute atomic E-state index is 0. The fourth-order valence-electron chi connectivity index (χ4n) is 1.44. The van der Waals surface area contributed by atoms with Gasteiger partial charge in [-0.2, -0.15) is 0 Å². The van der Waals surface area contributed by atoms with Gasteiger partial charge in [0.2, 0.25) is 0 Å². The van der Waals surface area contributed by atoms with Crippen LogP contribution in [0.4, 0.5) is 0 Å². The molecule has 0 saturated heterocycles. The van der Waals surface area contributed by atoms with E-state index in [4.69, 9.17) is 0 Å². The number of carboxylic acids is 4. The van der Waals surface area contributed by atoms with Crippen LogP contribution in [-0.4, -0.2) is 72.9 Å². The molecule has 0 atom stereocenters. The Morgan fingerprint density at radius 3 is 0.769 bits per heavy atom. The molecule has 0 aliphatic rings. The zero-order valence-electron chi connectivity index (χ0n) is 18.4. The number of rotatable bonds is 11. The molecule has 16 heteroatoms. The summed E-state index contributed by atoms with van der Waals surface area (Å²) in [5, 5.41) is 41.6. The quantitative estimate of drug-likeness (QED) is 0.288. The van der Waals surface area contributed by atoms with Crippen LogP contribution in [0.5, 0.6) is 0 Å². The monoisotopic (exact) mass is 428 g/mol.